The van der Waals surface area contributed by atoms with Gasteiger partial charge < -0.3 is 18.9 Å². The molecule has 0 amide bonds. The lowest BCUT2D eigenvalue weighted by Crippen LogP contribution is -2.54. The summed E-state index contributed by atoms with van der Waals surface area (Å²) in [5.74, 6) is 1.45. The number of fused-ring (bicyclic) bond motifs is 1. The summed E-state index contributed by atoms with van der Waals surface area (Å²) >= 11 is 0. The van der Waals surface area contributed by atoms with Crippen LogP contribution in [0.1, 0.15) is 113 Å². The minimum absolute atomic E-state index is 0.0377. The van der Waals surface area contributed by atoms with Crippen LogP contribution in [0.25, 0.3) is 0 Å². The van der Waals surface area contributed by atoms with Crippen molar-refractivity contribution >= 4 is 16.6 Å². The number of alkyl halides is 3. The normalized spacial score (nSPS) is 33.3. The molecule has 2 unspecified atom stereocenters. The SMILES string of the molecule is C=C1/C(=C\C=C2/CCC[C@]3(C)[C@@H]([C@@H](C)CN4CCC(O)(C(F)(F)F)CC4)CC[C@@H]23)CC(O[Si](C)(C)C(C)(C)C)CC1O[Si](C)(C)C(C)(C)C. The van der Waals surface area contributed by atoms with Crippen molar-refractivity contribution in [1.29, 1.82) is 0 Å². The molecule has 282 valence electrons. The van der Waals surface area contributed by atoms with Gasteiger partial charge in [-0.3, -0.25) is 0 Å². The second-order valence-corrected chi connectivity index (χ2v) is 29.2. The first-order valence-corrected chi connectivity index (χ1v) is 25.0. The Morgan fingerprint density at radius 3 is 2.06 bits per heavy atom. The highest BCUT2D eigenvalue weighted by Gasteiger charge is 2.55. The topological polar surface area (TPSA) is 41.9 Å². The van der Waals surface area contributed by atoms with Crippen molar-refractivity contribution < 1.29 is 27.1 Å². The molecule has 0 bridgehead atoms. The van der Waals surface area contributed by atoms with Crippen LogP contribution in [0.15, 0.2) is 35.5 Å². The molecule has 1 N–H and O–H groups in total. The zero-order valence-corrected chi connectivity index (χ0v) is 35.1. The van der Waals surface area contributed by atoms with Gasteiger partial charge in [-0.25, -0.2) is 0 Å². The van der Waals surface area contributed by atoms with E-state index in [1.54, 1.807) is 5.57 Å². The summed E-state index contributed by atoms with van der Waals surface area (Å²) in [5, 5.41) is 10.4. The van der Waals surface area contributed by atoms with E-state index in [2.05, 4.69) is 105 Å². The molecule has 49 heavy (non-hydrogen) atoms. The van der Waals surface area contributed by atoms with E-state index in [0.717, 1.165) is 37.8 Å². The van der Waals surface area contributed by atoms with Gasteiger partial charge in [0.05, 0.1) is 12.2 Å². The molecule has 4 aliphatic rings. The van der Waals surface area contributed by atoms with Crippen LogP contribution in [0.3, 0.4) is 0 Å². The molecule has 9 heteroatoms. The minimum Gasteiger partial charge on any atom is -0.413 e. The van der Waals surface area contributed by atoms with Crippen molar-refractivity contribution in [3.8, 4) is 0 Å². The van der Waals surface area contributed by atoms with E-state index in [1.807, 2.05) is 0 Å². The molecule has 0 aromatic carbocycles. The zero-order valence-electron chi connectivity index (χ0n) is 33.1. The van der Waals surface area contributed by atoms with Crippen LogP contribution >= 0.6 is 0 Å². The van der Waals surface area contributed by atoms with Crippen LogP contribution in [-0.4, -0.2) is 70.3 Å². The molecule has 6 atom stereocenters. The van der Waals surface area contributed by atoms with Gasteiger partial charge in [-0.05, 0) is 122 Å². The Hall–Kier alpha value is -0.716. The van der Waals surface area contributed by atoms with Gasteiger partial charge in [-0.15, -0.1) is 0 Å². The molecule has 0 aromatic heterocycles. The standard InChI is InChI=1S/C40H70F3NO3Si2/c1-28(27-44-23-21-39(45,22-24-44)40(41,42)43)33-18-19-34-30(15-14-20-38(33,34)9)16-17-31-25-32(46-48(10,11)36(3,4)5)26-35(29(31)2)47-49(12,13)37(6,7)8/h16-17,28,32-35,45H,2,14-15,18-27H2,1,3-13H3/b30-16+,31-17-/t28-,32?,33+,34-,35?,38+/m0/s1. The minimum atomic E-state index is -4.56. The Kier molecular flexibility index (Phi) is 11.9. The number of hydrogen-bond acceptors (Lipinski definition) is 4. The molecule has 0 spiro atoms. The maximum atomic E-state index is 13.4. The maximum absolute atomic E-state index is 13.4. The fraction of sp³-hybridized carbons (Fsp3) is 0.850. The van der Waals surface area contributed by atoms with Crippen LogP contribution < -0.4 is 0 Å². The number of aliphatic hydroxyl groups is 1. The number of allylic oxidation sites excluding steroid dienone is 3. The van der Waals surface area contributed by atoms with E-state index in [0.29, 0.717) is 30.8 Å². The average molecular weight is 726 g/mol. The molecular formula is C40H70F3NO3Si2. The Balaban J connectivity index is 1.52. The van der Waals surface area contributed by atoms with Gasteiger partial charge in [0.15, 0.2) is 22.2 Å². The number of hydrogen-bond donors (Lipinski definition) is 1. The molecule has 4 rings (SSSR count). The molecule has 0 radical (unpaired) electrons. The van der Waals surface area contributed by atoms with Crippen LogP contribution in [0.2, 0.25) is 36.3 Å². The van der Waals surface area contributed by atoms with E-state index in [1.165, 1.54) is 24.8 Å². The summed E-state index contributed by atoms with van der Waals surface area (Å²) in [4.78, 5) is 2.16. The second kappa shape index (κ2) is 14.3. The van der Waals surface area contributed by atoms with Crippen LogP contribution in [0, 0.1) is 23.2 Å². The van der Waals surface area contributed by atoms with Crippen LogP contribution in [0.4, 0.5) is 13.2 Å². The van der Waals surface area contributed by atoms with Crippen molar-refractivity contribution in [1.82, 2.24) is 4.90 Å². The van der Waals surface area contributed by atoms with Crippen molar-refractivity contribution in [2.24, 2.45) is 23.2 Å². The molecular weight excluding hydrogens is 656 g/mol. The Bertz CT molecular complexity index is 1250. The van der Waals surface area contributed by atoms with Crippen molar-refractivity contribution in [3.05, 3.63) is 35.5 Å². The average Bonchev–Trinajstić information content (AvgIpc) is 3.30. The molecule has 4 nitrogen and oxygen atoms in total. The van der Waals surface area contributed by atoms with Gasteiger partial charge in [0.2, 0.25) is 0 Å². The molecule has 4 fully saturated rings. The van der Waals surface area contributed by atoms with Crippen LogP contribution in [0.5, 0.6) is 0 Å². The summed E-state index contributed by atoms with van der Waals surface area (Å²) < 4.78 is 54.3. The highest BCUT2D eigenvalue weighted by molar-refractivity contribution is 6.74. The van der Waals surface area contributed by atoms with E-state index < -0.39 is 28.4 Å². The monoisotopic (exact) mass is 725 g/mol. The van der Waals surface area contributed by atoms with E-state index in [9.17, 15) is 18.3 Å². The van der Waals surface area contributed by atoms with Gasteiger partial charge >= 0.3 is 6.18 Å². The van der Waals surface area contributed by atoms with E-state index in [4.69, 9.17) is 8.85 Å². The molecule has 1 aliphatic heterocycles. The third kappa shape index (κ3) is 8.75. The zero-order chi connectivity index (χ0) is 37.0. The third-order valence-electron chi connectivity index (χ3n) is 14.2. The number of halogens is 3. The largest absolute Gasteiger partial charge is 0.417 e. The van der Waals surface area contributed by atoms with Gasteiger partial charge in [-0.2, -0.15) is 13.2 Å². The highest BCUT2D eigenvalue weighted by atomic mass is 28.4. The Labute approximate surface area is 299 Å². The molecule has 0 aromatic rings. The van der Waals surface area contributed by atoms with Crippen molar-refractivity contribution in [2.75, 3.05) is 19.6 Å². The summed E-state index contributed by atoms with van der Waals surface area (Å²) in [7, 11) is -4.02. The van der Waals surface area contributed by atoms with Crippen LogP contribution in [-0.2, 0) is 8.85 Å². The lowest BCUT2D eigenvalue weighted by atomic mass is 9.61. The second-order valence-electron chi connectivity index (χ2n) is 19.7. The number of likely N-dealkylation sites (tertiary alicyclic amines) is 1. The lowest BCUT2D eigenvalue weighted by molar-refractivity contribution is -0.272. The lowest BCUT2D eigenvalue weighted by Gasteiger charge is -2.46. The third-order valence-corrected chi connectivity index (χ3v) is 23.2. The van der Waals surface area contributed by atoms with E-state index in [-0.39, 0.29) is 40.5 Å². The van der Waals surface area contributed by atoms with Gasteiger partial charge in [-0.1, -0.05) is 79.7 Å². The summed E-state index contributed by atoms with van der Waals surface area (Å²) in [6.45, 7) is 34.0. The first kappa shape index (κ1) is 41.0. The number of nitrogens with zero attached hydrogens (tertiary/aromatic N) is 1. The Morgan fingerprint density at radius 1 is 0.939 bits per heavy atom. The fourth-order valence-corrected chi connectivity index (χ4v) is 11.6. The Morgan fingerprint density at radius 2 is 1.51 bits per heavy atom. The smallest absolute Gasteiger partial charge is 0.413 e. The first-order valence-electron chi connectivity index (χ1n) is 19.2. The molecule has 1 saturated heterocycles. The molecule has 3 aliphatic carbocycles. The van der Waals surface area contributed by atoms with Gasteiger partial charge in [0.25, 0.3) is 0 Å². The predicted octanol–water partition coefficient (Wildman–Crippen LogP) is 11.2. The summed E-state index contributed by atoms with van der Waals surface area (Å²) in [5.41, 5.74) is 1.59. The van der Waals surface area contributed by atoms with E-state index >= 15 is 0 Å². The van der Waals surface area contributed by atoms with Gasteiger partial charge in [0, 0.05) is 26.1 Å². The summed E-state index contributed by atoms with van der Waals surface area (Å²) in [6, 6.07) is 0. The van der Waals surface area contributed by atoms with Gasteiger partial charge in [0.1, 0.15) is 0 Å². The highest BCUT2D eigenvalue weighted by Crippen LogP contribution is 2.59. The fourth-order valence-electron chi connectivity index (χ4n) is 8.90. The van der Waals surface area contributed by atoms with Crippen molar-refractivity contribution in [3.63, 3.8) is 0 Å². The molecule has 1 heterocycles. The summed E-state index contributed by atoms with van der Waals surface area (Å²) in [6.07, 6.45) is 7.39. The maximum Gasteiger partial charge on any atom is 0.417 e. The number of piperidine rings is 1. The molecule has 3 saturated carbocycles. The quantitative estimate of drug-likeness (QED) is 0.253. The number of rotatable bonds is 8. The predicted molar refractivity (Wildman–Crippen MR) is 203 cm³/mol. The van der Waals surface area contributed by atoms with Crippen molar-refractivity contribution in [2.45, 2.75) is 173 Å². The first-order chi connectivity index (χ1) is 22.2.